The second-order valence-corrected chi connectivity index (χ2v) is 7.58. The predicted octanol–water partition coefficient (Wildman–Crippen LogP) is 3.81. The van der Waals surface area contributed by atoms with Crippen LogP contribution < -0.4 is 5.56 Å². The van der Waals surface area contributed by atoms with Gasteiger partial charge < -0.3 is 4.57 Å². The summed E-state index contributed by atoms with van der Waals surface area (Å²) in [7, 11) is 1.54. The first-order valence-corrected chi connectivity index (χ1v) is 9.40. The lowest BCUT2D eigenvalue weighted by Gasteiger charge is -2.11. The van der Waals surface area contributed by atoms with Crippen molar-refractivity contribution in [2.75, 3.05) is 0 Å². The van der Waals surface area contributed by atoms with Gasteiger partial charge in [0.25, 0.3) is 5.56 Å². The molecule has 3 aromatic heterocycles. The van der Waals surface area contributed by atoms with Gasteiger partial charge in [0.2, 0.25) is 0 Å². The molecule has 6 nitrogen and oxygen atoms in total. The van der Waals surface area contributed by atoms with Gasteiger partial charge in [-0.3, -0.25) is 14.2 Å². The molecule has 0 aliphatic carbocycles. The maximum Gasteiger partial charge on any atom is 0.418 e. The van der Waals surface area contributed by atoms with Gasteiger partial charge >= 0.3 is 6.18 Å². The average Bonchev–Trinajstić information content (AvgIpc) is 3.17. The third kappa shape index (κ3) is 3.71. The molecular formula is C19H15BrF3N5O. The van der Waals surface area contributed by atoms with E-state index < -0.39 is 11.7 Å². The molecule has 0 radical (unpaired) electrons. The van der Waals surface area contributed by atoms with Gasteiger partial charge in [0.1, 0.15) is 0 Å². The lowest BCUT2D eigenvalue weighted by atomic mass is 10.2. The van der Waals surface area contributed by atoms with E-state index in [0.717, 1.165) is 16.2 Å². The van der Waals surface area contributed by atoms with Gasteiger partial charge in [0.15, 0.2) is 0 Å². The highest BCUT2D eigenvalue weighted by Gasteiger charge is 2.35. The van der Waals surface area contributed by atoms with Crippen LogP contribution in [-0.2, 0) is 26.3 Å². The van der Waals surface area contributed by atoms with Crippen molar-refractivity contribution in [1.29, 1.82) is 0 Å². The van der Waals surface area contributed by atoms with E-state index >= 15 is 0 Å². The van der Waals surface area contributed by atoms with Crippen LogP contribution in [0.1, 0.15) is 16.7 Å². The van der Waals surface area contributed by atoms with Crippen molar-refractivity contribution in [3.63, 3.8) is 0 Å². The first-order chi connectivity index (χ1) is 13.7. The van der Waals surface area contributed by atoms with Crippen molar-refractivity contribution in [2.24, 2.45) is 7.05 Å². The Morgan fingerprint density at radius 1 is 1.10 bits per heavy atom. The molecule has 0 N–H and O–H groups in total. The molecule has 0 saturated carbocycles. The van der Waals surface area contributed by atoms with Gasteiger partial charge in [-0.2, -0.15) is 23.4 Å². The minimum atomic E-state index is -4.51. The smallest absolute Gasteiger partial charge is 0.349 e. The Labute approximate surface area is 171 Å². The van der Waals surface area contributed by atoms with Crippen LogP contribution in [0.4, 0.5) is 13.2 Å². The zero-order chi connectivity index (χ0) is 20.8. The fourth-order valence-corrected chi connectivity index (χ4v) is 3.70. The Morgan fingerprint density at radius 2 is 1.90 bits per heavy atom. The van der Waals surface area contributed by atoms with E-state index in [-0.39, 0.29) is 24.2 Å². The summed E-state index contributed by atoms with van der Waals surface area (Å²) in [6, 6.07) is 6.81. The number of aromatic nitrogens is 5. The molecule has 0 aliphatic heterocycles. The third-order valence-corrected chi connectivity index (χ3v) is 5.22. The average molecular weight is 466 g/mol. The van der Waals surface area contributed by atoms with E-state index in [1.165, 1.54) is 27.8 Å². The Hall–Kier alpha value is -2.88. The number of benzene rings is 1. The molecule has 150 valence electrons. The van der Waals surface area contributed by atoms with Crippen LogP contribution in [0.2, 0.25) is 0 Å². The summed E-state index contributed by atoms with van der Waals surface area (Å²) >= 11 is 3.35. The first-order valence-electron chi connectivity index (χ1n) is 8.60. The molecular weight excluding hydrogens is 451 g/mol. The van der Waals surface area contributed by atoms with E-state index in [1.54, 1.807) is 36.0 Å². The zero-order valence-electron chi connectivity index (χ0n) is 15.2. The Kier molecular flexibility index (Phi) is 4.81. The topological polar surface area (TPSA) is 57.6 Å². The van der Waals surface area contributed by atoms with Gasteiger partial charge in [0.05, 0.1) is 29.2 Å². The molecule has 4 rings (SSSR count). The fraction of sp³-hybridized carbons (Fsp3) is 0.211. The lowest BCUT2D eigenvalue weighted by Crippen LogP contribution is -2.20. The van der Waals surface area contributed by atoms with Crippen LogP contribution in [0.5, 0.6) is 0 Å². The number of fused-ring (bicyclic) bond motifs is 1. The molecule has 0 amide bonds. The quantitative estimate of drug-likeness (QED) is 0.460. The predicted molar refractivity (Wildman–Crippen MR) is 105 cm³/mol. The number of halogens is 4. The fourth-order valence-electron chi connectivity index (χ4n) is 3.35. The van der Waals surface area contributed by atoms with Gasteiger partial charge in [-0.15, -0.1) is 0 Å². The zero-order valence-corrected chi connectivity index (χ0v) is 16.8. The van der Waals surface area contributed by atoms with E-state index in [4.69, 9.17) is 0 Å². The van der Waals surface area contributed by atoms with Crippen molar-refractivity contribution in [1.82, 2.24) is 24.1 Å². The molecule has 0 bridgehead atoms. The van der Waals surface area contributed by atoms with Gasteiger partial charge in [-0.1, -0.05) is 15.9 Å². The Morgan fingerprint density at radius 3 is 2.59 bits per heavy atom. The number of hydrogen-bond acceptors (Lipinski definition) is 3. The molecule has 10 heteroatoms. The molecule has 3 heterocycles. The van der Waals surface area contributed by atoms with Gasteiger partial charge in [-0.05, 0) is 29.8 Å². The summed E-state index contributed by atoms with van der Waals surface area (Å²) in [5.74, 6) is 0. The first kappa shape index (κ1) is 19.4. The van der Waals surface area contributed by atoms with Crippen LogP contribution in [-0.4, -0.2) is 24.1 Å². The third-order valence-electron chi connectivity index (χ3n) is 4.72. The number of rotatable bonds is 4. The molecule has 0 fully saturated rings. The molecule has 0 atom stereocenters. The van der Waals surface area contributed by atoms with Crippen LogP contribution in [0.3, 0.4) is 0 Å². The monoisotopic (exact) mass is 465 g/mol. The second-order valence-electron chi connectivity index (χ2n) is 6.67. The molecule has 0 aliphatic rings. The number of hydrogen-bond donors (Lipinski definition) is 0. The summed E-state index contributed by atoms with van der Waals surface area (Å²) in [5.41, 5.74) is 0.378. The van der Waals surface area contributed by atoms with Crippen molar-refractivity contribution in [3.8, 4) is 0 Å². The summed E-state index contributed by atoms with van der Waals surface area (Å²) in [6.45, 7) is 0.137. The Bertz CT molecular complexity index is 1240. The highest BCUT2D eigenvalue weighted by atomic mass is 79.9. The van der Waals surface area contributed by atoms with Crippen LogP contribution >= 0.6 is 15.9 Å². The SMILES string of the molecule is Cn1c(=O)c2ccc(Br)cc2n1Cc1cn(Cc2ccnnc2)cc1C(F)(F)F. The van der Waals surface area contributed by atoms with Gasteiger partial charge in [-0.25, -0.2) is 0 Å². The van der Waals surface area contributed by atoms with E-state index in [2.05, 4.69) is 26.1 Å². The summed E-state index contributed by atoms with van der Waals surface area (Å²) in [5, 5.41) is 7.88. The minimum Gasteiger partial charge on any atom is -0.349 e. The minimum absolute atomic E-state index is 0.0759. The van der Waals surface area contributed by atoms with E-state index in [9.17, 15) is 18.0 Å². The normalized spacial score (nSPS) is 12.0. The maximum atomic E-state index is 13.7. The molecule has 0 spiro atoms. The highest BCUT2D eigenvalue weighted by molar-refractivity contribution is 9.10. The maximum absolute atomic E-state index is 13.7. The summed E-state index contributed by atoms with van der Waals surface area (Å²) in [4.78, 5) is 12.5. The van der Waals surface area contributed by atoms with Crippen LogP contribution in [0.15, 0.2) is 58.3 Å². The largest absolute Gasteiger partial charge is 0.418 e. The molecule has 0 saturated heterocycles. The summed E-state index contributed by atoms with van der Waals surface area (Å²) in [6.07, 6.45) is 1.02. The van der Waals surface area contributed by atoms with Crippen LogP contribution in [0, 0.1) is 0 Å². The van der Waals surface area contributed by atoms with E-state index in [1.807, 2.05) is 0 Å². The summed E-state index contributed by atoms with van der Waals surface area (Å²) < 4.78 is 46.1. The van der Waals surface area contributed by atoms with Crippen molar-refractivity contribution in [3.05, 3.63) is 80.6 Å². The Balaban J connectivity index is 1.79. The molecule has 1 aromatic carbocycles. The lowest BCUT2D eigenvalue weighted by molar-refractivity contribution is -0.138. The molecule has 29 heavy (non-hydrogen) atoms. The van der Waals surface area contributed by atoms with Crippen LogP contribution in [0.25, 0.3) is 10.9 Å². The standard InChI is InChI=1S/C19H15BrF3N5O/c1-26-18(29)15-3-2-14(20)6-17(15)28(26)10-13-9-27(11-16(13)19(21,22)23)8-12-4-5-24-25-7-12/h2-7,9,11H,8,10H2,1H3. The van der Waals surface area contributed by atoms with Crippen molar-refractivity contribution in [2.45, 2.75) is 19.3 Å². The molecule has 0 unspecified atom stereocenters. The number of nitrogens with zero attached hydrogens (tertiary/aromatic N) is 5. The second kappa shape index (κ2) is 7.18. The van der Waals surface area contributed by atoms with Crippen molar-refractivity contribution < 1.29 is 13.2 Å². The van der Waals surface area contributed by atoms with E-state index in [0.29, 0.717) is 10.9 Å². The van der Waals surface area contributed by atoms with Crippen molar-refractivity contribution >= 4 is 26.8 Å². The van der Waals surface area contributed by atoms with Gasteiger partial charge in [0, 0.05) is 42.2 Å². The highest BCUT2D eigenvalue weighted by Crippen LogP contribution is 2.33. The number of alkyl halides is 3. The molecule has 4 aromatic rings.